The Morgan fingerprint density at radius 2 is 1.83 bits per heavy atom. The molecule has 1 atom stereocenters. The van der Waals surface area contributed by atoms with Crippen LogP contribution in [0.25, 0.3) is 0 Å². The van der Waals surface area contributed by atoms with Gasteiger partial charge in [0.15, 0.2) is 0 Å². The molecule has 0 fully saturated rings. The summed E-state index contributed by atoms with van der Waals surface area (Å²) in [7, 11) is 0. The van der Waals surface area contributed by atoms with Crippen LogP contribution in [0.3, 0.4) is 0 Å². The summed E-state index contributed by atoms with van der Waals surface area (Å²) in [5.74, 6) is -4.66. The normalized spacial score (nSPS) is 19.6. The van der Waals surface area contributed by atoms with Gasteiger partial charge in [0, 0.05) is 11.3 Å². The Bertz CT molecular complexity index is 834. The summed E-state index contributed by atoms with van der Waals surface area (Å²) < 4.78 is 42.8. The van der Waals surface area contributed by atoms with E-state index in [1.165, 1.54) is 30.3 Å². The Balaban J connectivity index is 1.90. The second kappa shape index (κ2) is 5.34. The number of hydrogen-bond donors (Lipinski definition) is 2. The zero-order chi connectivity index (χ0) is 17.5. The number of amides is 1. The molecule has 1 unspecified atom stereocenters. The lowest BCUT2D eigenvalue weighted by Gasteiger charge is -2.21. The van der Waals surface area contributed by atoms with Crippen LogP contribution in [0.5, 0.6) is 0 Å². The number of alkyl halides is 3. The molecule has 2 aromatic carbocycles. The second-order valence-electron chi connectivity index (χ2n) is 5.11. The number of esters is 1. The van der Waals surface area contributed by atoms with Crippen molar-refractivity contribution in [2.75, 3.05) is 5.32 Å². The fourth-order valence-electron chi connectivity index (χ4n) is 2.36. The summed E-state index contributed by atoms with van der Waals surface area (Å²) >= 11 is 0. The lowest BCUT2D eigenvalue weighted by Crippen LogP contribution is -2.40. The molecule has 2 aromatic rings. The SMILES string of the molecule is O=C1OC(O)(C(=O)Nc2cccc(C(F)(F)F)c2)c2ccccc21. The van der Waals surface area contributed by atoms with E-state index in [-0.39, 0.29) is 16.8 Å². The van der Waals surface area contributed by atoms with E-state index < -0.39 is 29.4 Å². The lowest BCUT2D eigenvalue weighted by atomic mass is 10.0. The van der Waals surface area contributed by atoms with Crippen LogP contribution in [0.4, 0.5) is 18.9 Å². The monoisotopic (exact) mass is 337 g/mol. The van der Waals surface area contributed by atoms with Crippen molar-refractivity contribution in [2.24, 2.45) is 0 Å². The topological polar surface area (TPSA) is 75.6 Å². The van der Waals surface area contributed by atoms with E-state index in [0.29, 0.717) is 6.07 Å². The molecular weight excluding hydrogens is 327 g/mol. The largest absolute Gasteiger partial charge is 0.416 e. The minimum absolute atomic E-state index is 0.0131. The van der Waals surface area contributed by atoms with Crippen LogP contribution in [-0.2, 0) is 21.5 Å². The first-order valence-electron chi connectivity index (χ1n) is 6.76. The highest BCUT2D eigenvalue weighted by Crippen LogP contribution is 2.36. The Hall–Kier alpha value is -2.87. The van der Waals surface area contributed by atoms with Gasteiger partial charge < -0.3 is 15.2 Å². The Morgan fingerprint density at radius 3 is 2.54 bits per heavy atom. The Morgan fingerprint density at radius 1 is 1.12 bits per heavy atom. The van der Waals surface area contributed by atoms with E-state index in [0.717, 1.165) is 12.1 Å². The van der Waals surface area contributed by atoms with Gasteiger partial charge in [0.1, 0.15) is 0 Å². The van der Waals surface area contributed by atoms with Gasteiger partial charge in [-0.2, -0.15) is 13.2 Å². The van der Waals surface area contributed by atoms with Crippen molar-refractivity contribution in [1.82, 2.24) is 0 Å². The van der Waals surface area contributed by atoms with Crippen LogP contribution in [0.1, 0.15) is 21.5 Å². The third-order valence-electron chi connectivity index (χ3n) is 3.51. The standard InChI is InChI=1S/C16H10F3NO4/c17-16(18,19)9-4-3-5-10(8-9)20-14(22)15(23)12-7-2-1-6-11(12)13(21)24-15/h1-8,23H,(H,20,22). The van der Waals surface area contributed by atoms with Gasteiger partial charge in [-0.25, -0.2) is 4.79 Å². The van der Waals surface area contributed by atoms with Gasteiger partial charge in [0.2, 0.25) is 0 Å². The lowest BCUT2D eigenvalue weighted by molar-refractivity contribution is -0.180. The molecule has 1 aliphatic heterocycles. The van der Waals surface area contributed by atoms with Crippen LogP contribution < -0.4 is 5.32 Å². The highest BCUT2D eigenvalue weighted by Gasteiger charge is 2.50. The maximum atomic E-state index is 12.7. The molecular formula is C16H10F3NO4. The van der Waals surface area contributed by atoms with Gasteiger partial charge in [0.05, 0.1) is 11.1 Å². The molecule has 2 N–H and O–H groups in total. The van der Waals surface area contributed by atoms with Crippen LogP contribution in [-0.4, -0.2) is 17.0 Å². The van der Waals surface area contributed by atoms with Gasteiger partial charge in [-0.05, 0) is 24.3 Å². The van der Waals surface area contributed by atoms with Gasteiger partial charge in [-0.15, -0.1) is 0 Å². The first kappa shape index (κ1) is 16.0. The summed E-state index contributed by atoms with van der Waals surface area (Å²) in [6.45, 7) is 0. The summed E-state index contributed by atoms with van der Waals surface area (Å²) in [4.78, 5) is 24.0. The highest BCUT2D eigenvalue weighted by atomic mass is 19.4. The van der Waals surface area contributed by atoms with Gasteiger partial charge in [-0.3, -0.25) is 4.79 Å². The molecule has 0 aliphatic carbocycles. The molecule has 5 nitrogen and oxygen atoms in total. The minimum Gasteiger partial charge on any atom is -0.415 e. The molecule has 0 bridgehead atoms. The third-order valence-corrected chi connectivity index (χ3v) is 3.51. The maximum absolute atomic E-state index is 12.7. The van der Waals surface area contributed by atoms with Crippen LogP contribution >= 0.6 is 0 Å². The third kappa shape index (κ3) is 2.61. The van der Waals surface area contributed by atoms with Crippen molar-refractivity contribution in [3.8, 4) is 0 Å². The number of cyclic esters (lactones) is 1. The predicted molar refractivity (Wildman–Crippen MR) is 75.8 cm³/mol. The molecule has 3 rings (SSSR count). The molecule has 0 saturated carbocycles. The fourth-order valence-corrected chi connectivity index (χ4v) is 2.36. The summed E-state index contributed by atoms with van der Waals surface area (Å²) in [5.41, 5.74) is -1.21. The van der Waals surface area contributed by atoms with Crippen LogP contribution in [0.15, 0.2) is 48.5 Å². The number of benzene rings is 2. The molecule has 24 heavy (non-hydrogen) atoms. The number of anilines is 1. The van der Waals surface area contributed by atoms with Gasteiger partial charge in [0.25, 0.3) is 0 Å². The molecule has 8 heteroatoms. The van der Waals surface area contributed by atoms with Crippen LogP contribution in [0, 0.1) is 0 Å². The molecule has 0 spiro atoms. The van der Waals surface area contributed by atoms with E-state index >= 15 is 0 Å². The first-order valence-corrected chi connectivity index (χ1v) is 6.76. The second-order valence-corrected chi connectivity index (χ2v) is 5.11. The minimum atomic E-state index is -4.58. The summed E-state index contributed by atoms with van der Waals surface area (Å²) in [6.07, 6.45) is -4.58. The average molecular weight is 337 g/mol. The summed E-state index contributed by atoms with van der Waals surface area (Å²) in [6, 6.07) is 9.59. The summed E-state index contributed by atoms with van der Waals surface area (Å²) in [5, 5.41) is 12.5. The van der Waals surface area contributed by atoms with Crippen molar-refractivity contribution in [2.45, 2.75) is 12.0 Å². The van der Waals surface area contributed by atoms with Crippen molar-refractivity contribution in [3.05, 3.63) is 65.2 Å². The molecule has 124 valence electrons. The number of ether oxygens (including phenoxy) is 1. The first-order chi connectivity index (χ1) is 11.2. The van der Waals surface area contributed by atoms with Crippen molar-refractivity contribution < 1.29 is 32.6 Å². The van der Waals surface area contributed by atoms with E-state index in [1.54, 1.807) is 0 Å². The molecule has 0 aromatic heterocycles. The number of halogens is 3. The fraction of sp³-hybridized carbons (Fsp3) is 0.125. The van der Waals surface area contributed by atoms with E-state index in [9.17, 15) is 27.9 Å². The van der Waals surface area contributed by atoms with Crippen molar-refractivity contribution >= 4 is 17.6 Å². The zero-order valence-electron chi connectivity index (χ0n) is 11.9. The van der Waals surface area contributed by atoms with Crippen molar-refractivity contribution in [3.63, 3.8) is 0 Å². The number of rotatable bonds is 2. The zero-order valence-corrected chi connectivity index (χ0v) is 11.9. The van der Waals surface area contributed by atoms with Crippen LogP contribution in [0.2, 0.25) is 0 Å². The molecule has 1 heterocycles. The Labute approximate surface area is 133 Å². The smallest absolute Gasteiger partial charge is 0.415 e. The quantitative estimate of drug-likeness (QED) is 0.826. The number of nitrogens with one attached hydrogen (secondary N) is 1. The number of hydrogen-bond acceptors (Lipinski definition) is 4. The molecule has 1 amide bonds. The molecule has 0 saturated heterocycles. The number of carbonyl (C=O) groups excluding carboxylic acids is 2. The van der Waals surface area contributed by atoms with Crippen molar-refractivity contribution in [1.29, 1.82) is 0 Å². The number of aliphatic hydroxyl groups is 1. The van der Waals surface area contributed by atoms with E-state index in [4.69, 9.17) is 4.74 Å². The predicted octanol–water partition coefficient (Wildman–Crippen LogP) is 2.66. The number of fused-ring (bicyclic) bond motifs is 1. The maximum Gasteiger partial charge on any atom is 0.416 e. The highest BCUT2D eigenvalue weighted by molar-refractivity contribution is 6.05. The van der Waals surface area contributed by atoms with E-state index in [1.807, 2.05) is 0 Å². The van der Waals surface area contributed by atoms with E-state index in [2.05, 4.69) is 5.32 Å². The Kier molecular flexibility index (Phi) is 3.56. The number of carbonyl (C=O) groups is 2. The van der Waals surface area contributed by atoms with Gasteiger partial charge in [-0.1, -0.05) is 24.3 Å². The molecule has 1 aliphatic rings. The average Bonchev–Trinajstić information content (AvgIpc) is 2.80. The molecule has 0 radical (unpaired) electrons. The van der Waals surface area contributed by atoms with Gasteiger partial charge >= 0.3 is 23.8 Å².